The molecule has 3 heteroatoms. The second kappa shape index (κ2) is 2.82. The van der Waals surface area contributed by atoms with Gasteiger partial charge in [-0.3, -0.25) is 4.79 Å². The summed E-state index contributed by atoms with van der Waals surface area (Å²) in [5.74, 6) is 0.695. The Bertz CT molecular complexity index is 99.2. The van der Waals surface area contributed by atoms with Crippen LogP contribution in [0.3, 0.4) is 0 Å². The average Bonchev–Trinajstić information content (AvgIpc) is 1.78. The molecule has 52 valence electrons. The van der Waals surface area contributed by atoms with Crippen molar-refractivity contribution in [2.45, 2.75) is 0 Å². The lowest BCUT2D eigenvalue weighted by Crippen LogP contribution is -2.48. The molecule has 1 amide bonds. The summed E-state index contributed by atoms with van der Waals surface area (Å²) >= 11 is 0. The van der Waals surface area contributed by atoms with Crippen LogP contribution in [0.2, 0.25) is 0 Å². The Balaban J connectivity index is 1.97. The summed E-state index contributed by atoms with van der Waals surface area (Å²) in [5, 5.41) is 2.66. The third-order valence-corrected chi connectivity index (χ3v) is 1.63. The molecule has 0 aromatic carbocycles. The number of rotatable bonds is 3. The van der Waals surface area contributed by atoms with E-state index in [-0.39, 0.29) is 0 Å². The molecule has 1 fully saturated rings. The van der Waals surface area contributed by atoms with Gasteiger partial charge in [0, 0.05) is 25.6 Å². The molecule has 0 aromatic rings. The number of hydrogen-bond acceptors (Lipinski definition) is 2. The quantitative estimate of drug-likeness (QED) is 0.509. The van der Waals surface area contributed by atoms with Gasteiger partial charge in [-0.2, -0.15) is 0 Å². The highest BCUT2D eigenvalue weighted by atomic mass is 16.1. The van der Waals surface area contributed by atoms with Crippen LogP contribution in [0.1, 0.15) is 0 Å². The van der Waals surface area contributed by atoms with Crippen molar-refractivity contribution in [1.82, 2.24) is 10.2 Å². The van der Waals surface area contributed by atoms with E-state index in [9.17, 15) is 4.79 Å². The fraction of sp³-hybridized carbons (Fsp3) is 0.833. The number of amides is 1. The summed E-state index contributed by atoms with van der Waals surface area (Å²) in [6, 6.07) is 0. The zero-order chi connectivity index (χ0) is 6.69. The van der Waals surface area contributed by atoms with Crippen LogP contribution in [0.15, 0.2) is 0 Å². The topological polar surface area (TPSA) is 32.3 Å². The van der Waals surface area contributed by atoms with Gasteiger partial charge in [-0.15, -0.1) is 0 Å². The van der Waals surface area contributed by atoms with Crippen molar-refractivity contribution in [2.24, 2.45) is 5.92 Å². The first-order chi connectivity index (χ1) is 4.33. The molecule has 9 heavy (non-hydrogen) atoms. The maximum Gasteiger partial charge on any atom is 0.207 e. The van der Waals surface area contributed by atoms with Crippen LogP contribution < -0.4 is 5.32 Å². The Morgan fingerprint density at radius 2 is 2.44 bits per heavy atom. The molecular weight excluding hydrogens is 116 g/mol. The van der Waals surface area contributed by atoms with Gasteiger partial charge in [0.25, 0.3) is 0 Å². The van der Waals surface area contributed by atoms with E-state index in [1.54, 1.807) is 0 Å². The second-order valence-corrected chi connectivity index (χ2v) is 2.61. The summed E-state index contributed by atoms with van der Waals surface area (Å²) < 4.78 is 0. The maximum atomic E-state index is 9.81. The molecule has 0 spiro atoms. The second-order valence-electron chi connectivity index (χ2n) is 2.61. The van der Waals surface area contributed by atoms with Crippen molar-refractivity contribution in [3.63, 3.8) is 0 Å². The first-order valence-corrected chi connectivity index (χ1v) is 3.18. The van der Waals surface area contributed by atoms with Crippen LogP contribution in [0.25, 0.3) is 0 Å². The number of nitrogens with one attached hydrogen (secondary N) is 1. The maximum absolute atomic E-state index is 9.81. The van der Waals surface area contributed by atoms with Gasteiger partial charge in [-0.1, -0.05) is 0 Å². The van der Waals surface area contributed by atoms with Gasteiger partial charge in [-0.25, -0.2) is 0 Å². The summed E-state index contributed by atoms with van der Waals surface area (Å²) in [6.07, 6.45) is 0.762. The summed E-state index contributed by atoms with van der Waals surface area (Å²) in [6.45, 7) is 3.09. The van der Waals surface area contributed by atoms with Crippen molar-refractivity contribution in [3.05, 3.63) is 0 Å². The lowest BCUT2D eigenvalue weighted by Gasteiger charge is -2.35. The zero-order valence-electron chi connectivity index (χ0n) is 5.63. The van der Waals surface area contributed by atoms with Crippen LogP contribution in [0.4, 0.5) is 0 Å². The molecule has 0 radical (unpaired) electrons. The van der Waals surface area contributed by atoms with Crippen LogP contribution >= 0.6 is 0 Å². The molecule has 1 aliphatic heterocycles. The van der Waals surface area contributed by atoms with Gasteiger partial charge in [0.1, 0.15) is 0 Å². The molecule has 0 atom stereocenters. The summed E-state index contributed by atoms with van der Waals surface area (Å²) in [5.41, 5.74) is 0. The molecule has 0 saturated carbocycles. The van der Waals surface area contributed by atoms with Crippen LogP contribution in [-0.2, 0) is 4.79 Å². The Morgan fingerprint density at radius 3 is 2.89 bits per heavy atom. The average molecular weight is 128 g/mol. The van der Waals surface area contributed by atoms with E-state index in [1.165, 1.54) is 0 Å². The van der Waals surface area contributed by atoms with Crippen LogP contribution in [-0.4, -0.2) is 38.0 Å². The third-order valence-electron chi connectivity index (χ3n) is 1.63. The smallest absolute Gasteiger partial charge is 0.207 e. The highest BCUT2D eigenvalue weighted by molar-refractivity contribution is 5.45. The van der Waals surface area contributed by atoms with E-state index in [4.69, 9.17) is 0 Å². The van der Waals surface area contributed by atoms with Gasteiger partial charge < -0.3 is 10.2 Å². The minimum Gasteiger partial charge on any atom is -0.358 e. The van der Waals surface area contributed by atoms with Crippen molar-refractivity contribution in [1.29, 1.82) is 0 Å². The van der Waals surface area contributed by atoms with Crippen molar-refractivity contribution in [3.8, 4) is 0 Å². The van der Waals surface area contributed by atoms with Crippen LogP contribution in [0.5, 0.6) is 0 Å². The number of likely N-dealkylation sites (tertiary alicyclic amines) is 1. The Labute approximate surface area is 55.0 Å². The molecule has 1 N–H and O–H groups in total. The van der Waals surface area contributed by atoms with E-state index in [0.29, 0.717) is 5.92 Å². The SMILES string of the molecule is CN1CC(CNC=O)C1. The molecule has 1 heterocycles. The zero-order valence-corrected chi connectivity index (χ0v) is 5.63. The molecule has 0 aliphatic carbocycles. The standard InChI is InChI=1S/C6H12N2O/c1-8-3-6(4-8)2-7-5-9/h5-6H,2-4H2,1H3,(H,7,9). The van der Waals surface area contributed by atoms with E-state index in [2.05, 4.69) is 17.3 Å². The van der Waals surface area contributed by atoms with Crippen LogP contribution in [0, 0.1) is 5.92 Å². The predicted molar refractivity (Wildman–Crippen MR) is 35.1 cm³/mol. The molecule has 1 saturated heterocycles. The number of carbonyl (C=O) groups is 1. The first-order valence-electron chi connectivity index (χ1n) is 3.18. The van der Waals surface area contributed by atoms with Gasteiger partial charge in [0.15, 0.2) is 0 Å². The fourth-order valence-electron chi connectivity index (χ4n) is 1.17. The number of hydrogen-bond donors (Lipinski definition) is 1. The van der Waals surface area contributed by atoms with Crippen molar-refractivity contribution in [2.75, 3.05) is 26.7 Å². The Hall–Kier alpha value is -0.570. The van der Waals surface area contributed by atoms with E-state index >= 15 is 0 Å². The monoisotopic (exact) mass is 128 g/mol. The van der Waals surface area contributed by atoms with E-state index < -0.39 is 0 Å². The highest BCUT2D eigenvalue weighted by Gasteiger charge is 2.21. The predicted octanol–water partition coefficient (Wildman–Crippen LogP) is -0.706. The molecule has 0 aromatic heterocycles. The highest BCUT2D eigenvalue weighted by Crippen LogP contribution is 2.10. The minimum absolute atomic E-state index is 0.695. The Morgan fingerprint density at radius 1 is 1.78 bits per heavy atom. The summed E-state index contributed by atoms with van der Waals surface area (Å²) in [7, 11) is 2.08. The van der Waals surface area contributed by atoms with Crippen molar-refractivity contribution >= 4 is 6.41 Å². The molecule has 3 nitrogen and oxygen atoms in total. The normalized spacial score (nSPS) is 21.0. The van der Waals surface area contributed by atoms with Gasteiger partial charge >= 0.3 is 0 Å². The molecule has 0 bridgehead atoms. The molecular formula is C6H12N2O. The number of carbonyl (C=O) groups excluding carboxylic acids is 1. The lowest BCUT2D eigenvalue weighted by molar-refractivity contribution is -0.109. The molecule has 0 unspecified atom stereocenters. The Kier molecular flexibility index (Phi) is 2.05. The number of nitrogens with zero attached hydrogens (tertiary/aromatic N) is 1. The summed E-state index contributed by atoms with van der Waals surface area (Å²) in [4.78, 5) is 12.0. The van der Waals surface area contributed by atoms with E-state index in [0.717, 1.165) is 26.0 Å². The van der Waals surface area contributed by atoms with Crippen molar-refractivity contribution < 1.29 is 4.79 Å². The third kappa shape index (κ3) is 1.68. The van der Waals surface area contributed by atoms with Gasteiger partial charge in [-0.05, 0) is 7.05 Å². The lowest BCUT2D eigenvalue weighted by atomic mass is 10.0. The largest absolute Gasteiger partial charge is 0.358 e. The first kappa shape index (κ1) is 6.55. The van der Waals surface area contributed by atoms with Gasteiger partial charge in [0.05, 0.1) is 0 Å². The minimum atomic E-state index is 0.695. The van der Waals surface area contributed by atoms with E-state index in [1.807, 2.05) is 0 Å². The molecule has 1 aliphatic rings. The molecule has 1 rings (SSSR count). The van der Waals surface area contributed by atoms with Gasteiger partial charge in [0.2, 0.25) is 6.41 Å². The fourth-order valence-corrected chi connectivity index (χ4v) is 1.17.